The van der Waals surface area contributed by atoms with Gasteiger partial charge >= 0.3 is 12.0 Å². The second-order valence-corrected chi connectivity index (χ2v) is 7.40. The summed E-state index contributed by atoms with van der Waals surface area (Å²) in [6.07, 6.45) is 5.52. The molecule has 2 N–H and O–H groups in total. The average molecular weight is 296 g/mol. The number of amides is 2. The van der Waals surface area contributed by atoms with Crippen LogP contribution in [0.3, 0.4) is 0 Å². The van der Waals surface area contributed by atoms with Crippen LogP contribution >= 0.6 is 0 Å². The number of nitrogens with one attached hydrogen (secondary N) is 1. The summed E-state index contributed by atoms with van der Waals surface area (Å²) in [5.41, 5.74) is -0.0484. The third-order valence-corrected chi connectivity index (χ3v) is 5.11. The highest BCUT2D eigenvalue weighted by Gasteiger charge is 2.37. The molecular formula is C16H28N2O3. The van der Waals surface area contributed by atoms with Crippen LogP contribution in [-0.4, -0.2) is 41.6 Å². The molecule has 2 rings (SSSR count). The highest BCUT2D eigenvalue weighted by Crippen LogP contribution is 2.37. The first-order valence-electron chi connectivity index (χ1n) is 8.12. The zero-order valence-corrected chi connectivity index (χ0v) is 13.2. The lowest BCUT2D eigenvalue weighted by Gasteiger charge is -2.25. The molecule has 0 bridgehead atoms. The number of carbonyl (C=O) groups is 2. The smallest absolute Gasteiger partial charge is 0.317 e. The Balaban J connectivity index is 1.66. The van der Waals surface area contributed by atoms with E-state index in [1.54, 1.807) is 0 Å². The lowest BCUT2D eigenvalue weighted by atomic mass is 9.84. The van der Waals surface area contributed by atoms with Crippen molar-refractivity contribution in [2.24, 2.45) is 17.3 Å². The number of carboxylic acids is 1. The highest BCUT2D eigenvalue weighted by atomic mass is 16.4. The minimum absolute atomic E-state index is 0.0484. The Morgan fingerprint density at radius 2 is 1.81 bits per heavy atom. The maximum Gasteiger partial charge on any atom is 0.317 e. The summed E-state index contributed by atoms with van der Waals surface area (Å²) in [5, 5.41) is 11.7. The van der Waals surface area contributed by atoms with Gasteiger partial charge in [-0.15, -0.1) is 0 Å². The molecule has 1 aliphatic heterocycles. The van der Waals surface area contributed by atoms with Crippen molar-refractivity contribution in [2.75, 3.05) is 19.6 Å². The van der Waals surface area contributed by atoms with Gasteiger partial charge in [0.05, 0.1) is 0 Å². The summed E-state index contributed by atoms with van der Waals surface area (Å²) < 4.78 is 0. The molecule has 2 amide bonds. The third kappa shape index (κ3) is 4.61. The molecule has 0 aromatic heterocycles. The van der Waals surface area contributed by atoms with Crippen molar-refractivity contribution in [1.29, 1.82) is 0 Å². The number of hydrogen-bond acceptors (Lipinski definition) is 2. The van der Waals surface area contributed by atoms with Crippen LogP contribution in [0.15, 0.2) is 0 Å². The van der Waals surface area contributed by atoms with Gasteiger partial charge in [0.15, 0.2) is 0 Å². The summed E-state index contributed by atoms with van der Waals surface area (Å²) in [4.78, 5) is 24.7. The number of aliphatic carboxylic acids is 1. The van der Waals surface area contributed by atoms with E-state index in [1.807, 2.05) is 4.90 Å². The van der Waals surface area contributed by atoms with Crippen molar-refractivity contribution in [1.82, 2.24) is 10.2 Å². The molecule has 0 spiro atoms. The van der Waals surface area contributed by atoms with E-state index in [0.29, 0.717) is 13.0 Å². The van der Waals surface area contributed by atoms with E-state index in [9.17, 15) is 9.59 Å². The Bertz CT molecular complexity index is 383. The quantitative estimate of drug-likeness (QED) is 0.791. The summed E-state index contributed by atoms with van der Waals surface area (Å²) in [5.74, 6) is 0.696. The molecule has 1 heterocycles. The van der Waals surface area contributed by atoms with E-state index in [4.69, 9.17) is 5.11 Å². The summed E-state index contributed by atoms with van der Waals surface area (Å²) in [6.45, 7) is 6.57. The van der Waals surface area contributed by atoms with Crippen molar-refractivity contribution >= 4 is 12.0 Å². The number of carbonyl (C=O) groups excluding carboxylic acids is 1. The number of hydrogen-bond donors (Lipinski definition) is 2. The lowest BCUT2D eigenvalue weighted by Crippen LogP contribution is -2.40. The van der Waals surface area contributed by atoms with Gasteiger partial charge in [0.2, 0.25) is 0 Å². The summed E-state index contributed by atoms with van der Waals surface area (Å²) in [7, 11) is 0. The molecule has 1 saturated carbocycles. The molecule has 5 nitrogen and oxygen atoms in total. The SMILES string of the molecule is CC(C)(CCNC(=O)N1CC2CCCC2C1)CCC(=O)O. The third-order valence-electron chi connectivity index (χ3n) is 5.11. The molecule has 0 aromatic carbocycles. The Hall–Kier alpha value is -1.26. The molecule has 120 valence electrons. The van der Waals surface area contributed by atoms with Gasteiger partial charge in [-0.25, -0.2) is 4.79 Å². The Morgan fingerprint density at radius 3 is 2.38 bits per heavy atom. The second-order valence-electron chi connectivity index (χ2n) is 7.40. The van der Waals surface area contributed by atoms with Crippen LogP contribution in [0.5, 0.6) is 0 Å². The Morgan fingerprint density at radius 1 is 1.19 bits per heavy atom. The van der Waals surface area contributed by atoms with Crippen molar-refractivity contribution < 1.29 is 14.7 Å². The maximum atomic E-state index is 12.1. The first-order valence-corrected chi connectivity index (χ1v) is 8.12. The molecule has 5 heteroatoms. The molecule has 21 heavy (non-hydrogen) atoms. The molecule has 2 atom stereocenters. The molecule has 2 unspecified atom stereocenters. The standard InChI is InChI=1S/C16H28N2O3/c1-16(2,7-6-14(19)20)8-9-17-15(21)18-10-12-4-3-5-13(12)11-18/h12-13H,3-11H2,1-2H3,(H,17,21)(H,19,20). The van der Waals surface area contributed by atoms with Crippen LogP contribution in [0.2, 0.25) is 0 Å². The summed E-state index contributed by atoms with van der Waals surface area (Å²) in [6, 6.07) is 0.0541. The van der Waals surface area contributed by atoms with Crippen molar-refractivity contribution in [3.05, 3.63) is 0 Å². The molecular weight excluding hydrogens is 268 g/mol. The Kier molecular flexibility index (Phi) is 5.12. The van der Waals surface area contributed by atoms with Gasteiger partial charge in [0.25, 0.3) is 0 Å². The van der Waals surface area contributed by atoms with Crippen LogP contribution in [0.25, 0.3) is 0 Å². The van der Waals surface area contributed by atoms with E-state index >= 15 is 0 Å². The molecule has 0 radical (unpaired) electrons. The fourth-order valence-electron chi connectivity index (χ4n) is 3.59. The van der Waals surface area contributed by atoms with Crippen LogP contribution in [0.1, 0.15) is 52.4 Å². The molecule has 1 aliphatic carbocycles. The molecule has 2 aliphatic rings. The van der Waals surface area contributed by atoms with Gasteiger partial charge < -0.3 is 15.3 Å². The summed E-state index contributed by atoms with van der Waals surface area (Å²) >= 11 is 0. The monoisotopic (exact) mass is 296 g/mol. The molecule has 0 aromatic rings. The van der Waals surface area contributed by atoms with E-state index in [-0.39, 0.29) is 17.9 Å². The van der Waals surface area contributed by atoms with E-state index in [2.05, 4.69) is 19.2 Å². The topological polar surface area (TPSA) is 69.6 Å². The number of rotatable bonds is 6. The van der Waals surface area contributed by atoms with Crippen LogP contribution in [0, 0.1) is 17.3 Å². The van der Waals surface area contributed by atoms with Crippen LogP contribution < -0.4 is 5.32 Å². The van der Waals surface area contributed by atoms with E-state index in [0.717, 1.165) is 31.3 Å². The van der Waals surface area contributed by atoms with Crippen molar-refractivity contribution in [3.63, 3.8) is 0 Å². The molecule has 1 saturated heterocycles. The minimum atomic E-state index is -0.754. The number of urea groups is 1. The largest absolute Gasteiger partial charge is 0.481 e. The number of fused-ring (bicyclic) bond motifs is 1. The van der Waals surface area contributed by atoms with E-state index in [1.165, 1.54) is 19.3 Å². The fraction of sp³-hybridized carbons (Fsp3) is 0.875. The van der Waals surface area contributed by atoms with E-state index < -0.39 is 5.97 Å². The van der Waals surface area contributed by atoms with Gasteiger partial charge in [-0.2, -0.15) is 0 Å². The van der Waals surface area contributed by atoms with Gasteiger partial charge in [0, 0.05) is 26.1 Å². The number of nitrogens with zero attached hydrogens (tertiary/aromatic N) is 1. The van der Waals surface area contributed by atoms with Crippen molar-refractivity contribution in [2.45, 2.75) is 52.4 Å². The maximum absolute atomic E-state index is 12.1. The number of carboxylic acid groups (broad SMARTS) is 1. The zero-order valence-electron chi connectivity index (χ0n) is 13.2. The van der Waals surface area contributed by atoms with Gasteiger partial charge in [-0.1, -0.05) is 20.3 Å². The highest BCUT2D eigenvalue weighted by molar-refractivity contribution is 5.74. The minimum Gasteiger partial charge on any atom is -0.481 e. The molecule has 2 fully saturated rings. The van der Waals surface area contributed by atoms with Gasteiger partial charge in [-0.3, -0.25) is 4.79 Å². The van der Waals surface area contributed by atoms with Gasteiger partial charge in [0.1, 0.15) is 0 Å². The van der Waals surface area contributed by atoms with Crippen molar-refractivity contribution in [3.8, 4) is 0 Å². The normalized spacial score (nSPS) is 25.0. The van der Waals surface area contributed by atoms with Crippen LogP contribution in [0.4, 0.5) is 4.79 Å². The van der Waals surface area contributed by atoms with Gasteiger partial charge in [-0.05, 0) is 42.9 Å². The first kappa shape index (κ1) is 16.1. The first-order chi connectivity index (χ1) is 9.87. The predicted octanol–water partition coefficient (Wildman–Crippen LogP) is 2.71. The zero-order chi connectivity index (χ0) is 15.5. The fourth-order valence-corrected chi connectivity index (χ4v) is 3.59. The second kappa shape index (κ2) is 6.67. The Labute approximate surface area is 127 Å². The lowest BCUT2D eigenvalue weighted by molar-refractivity contribution is -0.137. The predicted molar refractivity (Wildman–Crippen MR) is 81.1 cm³/mol. The van der Waals surface area contributed by atoms with Crippen LogP contribution in [-0.2, 0) is 4.79 Å². The number of likely N-dealkylation sites (tertiary alicyclic amines) is 1. The average Bonchev–Trinajstić information content (AvgIpc) is 2.96.